The maximum atomic E-state index is 12.4. The van der Waals surface area contributed by atoms with E-state index in [0.717, 1.165) is 11.1 Å². The summed E-state index contributed by atoms with van der Waals surface area (Å²) in [5.74, 6) is -3.80. The van der Waals surface area contributed by atoms with Crippen LogP contribution in [0, 0.1) is 12.8 Å². The van der Waals surface area contributed by atoms with Gasteiger partial charge in [-0.05, 0) is 12.5 Å². The second kappa shape index (κ2) is 7.76. The van der Waals surface area contributed by atoms with Gasteiger partial charge in [0.1, 0.15) is 6.04 Å². The molecule has 2 rings (SSSR count). The van der Waals surface area contributed by atoms with Crippen LogP contribution >= 0.6 is 0 Å². The molecule has 0 aliphatic carbocycles. The van der Waals surface area contributed by atoms with Crippen LogP contribution in [0.3, 0.4) is 0 Å². The molecule has 1 fully saturated rings. The summed E-state index contributed by atoms with van der Waals surface area (Å²) >= 11 is 0. The summed E-state index contributed by atoms with van der Waals surface area (Å²) in [6.07, 6.45) is -6.54. The predicted octanol–water partition coefficient (Wildman–Crippen LogP) is 1.87. The summed E-state index contributed by atoms with van der Waals surface area (Å²) < 4.78 is 37.2. The minimum Gasteiger partial charge on any atom is -0.480 e. The van der Waals surface area contributed by atoms with Crippen LogP contribution in [0.15, 0.2) is 24.3 Å². The van der Waals surface area contributed by atoms with Gasteiger partial charge in [0.25, 0.3) is 0 Å². The Bertz CT molecular complexity index is 688. The summed E-state index contributed by atoms with van der Waals surface area (Å²) in [4.78, 5) is 36.5. The van der Waals surface area contributed by atoms with E-state index in [2.05, 4.69) is 0 Å². The lowest BCUT2D eigenvalue weighted by Crippen LogP contribution is -2.46. The molecule has 2 amide bonds. The molecule has 1 aromatic carbocycles. The standard InChI is InChI=1S/C17H19F3N2O4/c1-10-2-4-11(5-3-10)8-22-9-12(6-14(22)23)15(24)21-13(16(25)26)7-17(18,19)20/h2-5,12-13H,6-9H2,1H3,(H,21,24)(H,25,26). The molecule has 26 heavy (non-hydrogen) atoms. The Labute approximate surface area is 148 Å². The van der Waals surface area contributed by atoms with Crippen molar-refractivity contribution >= 4 is 17.8 Å². The van der Waals surface area contributed by atoms with E-state index in [4.69, 9.17) is 5.11 Å². The smallest absolute Gasteiger partial charge is 0.391 e. The Kier molecular flexibility index (Phi) is 5.89. The van der Waals surface area contributed by atoms with Gasteiger partial charge >= 0.3 is 12.1 Å². The van der Waals surface area contributed by atoms with E-state index >= 15 is 0 Å². The maximum absolute atomic E-state index is 12.4. The van der Waals surface area contributed by atoms with Crippen LogP contribution in [0.1, 0.15) is 24.0 Å². The second-order valence-corrected chi connectivity index (χ2v) is 6.38. The number of aliphatic carboxylic acids is 1. The van der Waals surface area contributed by atoms with Gasteiger partial charge in [0.15, 0.2) is 0 Å². The number of nitrogens with one attached hydrogen (secondary N) is 1. The lowest BCUT2D eigenvalue weighted by Gasteiger charge is -2.19. The largest absolute Gasteiger partial charge is 0.480 e. The normalized spacial score (nSPS) is 18.7. The number of nitrogens with zero attached hydrogens (tertiary/aromatic N) is 1. The highest BCUT2D eigenvalue weighted by molar-refractivity contribution is 5.91. The van der Waals surface area contributed by atoms with Crippen LogP contribution in [0.25, 0.3) is 0 Å². The average Bonchev–Trinajstić information content (AvgIpc) is 2.88. The third-order valence-electron chi connectivity index (χ3n) is 4.13. The van der Waals surface area contributed by atoms with Gasteiger partial charge in [0.05, 0.1) is 12.3 Å². The van der Waals surface area contributed by atoms with E-state index < -0.39 is 36.4 Å². The minimum atomic E-state index is -4.72. The van der Waals surface area contributed by atoms with Crippen LogP contribution < -0.4 is 5.32 Å². The molecule has 0 saturated carbocycles. The Morgan fingerprint density at radius 3 is 2.46 bits per heavy atom. The van der Waals surface area contributed by atoms with E-state index in [0.29, 0.717) is 0 Å². The Hall–Kier alpha value is -2.58. The number of amides is 2. The number of benzene rings is 1. The molecule has 2 atom stereocenters. The fourth-order valence-electron chi connectivity index (χ4n) is 2.74. The number of carboxylic acid groups (broad SMARTS) is 1. The number of hydrogen-bond donors (Lipinski definition) is 2. The van der Waals surface area contributed by atoms with E-state index in [9.17, 15) is 27.6 Å². The number of carboxylic acids is 1. The van der Waals surface area contributed by atoms with Crippen molar-refractivity contribution in [2.75, 3.05) is 6.54 Å². The predicted molar refractivity (Wildman–Crippen MR) is 84.9 cm³/mol. The molecular formula is C17H19F3N2O4. The van der Waals surface area contributed by atoms with Gasteiger partial charge in [0.2, 0.25) is 11.8 Å². The summed E-state index contributed by atoms with van der Waals surface area (Å²) in [6, 6.07) is 5.40. The lowest BCUT2D eigenvalue weighted by molar-refractivity contribution is -0.160. The van der Waals surface area contributed by atoms with Crippen molar-refractivity contribution in [1.82, 2.24) is 10.2 Å². The number of rotatable bonds is 6. The molecule has 0 radical (unpaired) electrons. The molecule has 1 heterocycles. The van der Waals surface area contributed by atoms with E-state index in [1.165, 1.54) is 4.90 Å². The third kappa shape index (κ3) is 5.47. The van der Waals surface area contributed by atoms with Crippen molar-refractivity contribution in [3.63, 3.8) is 0 Å². The molecule has 0 aromatic heterocycles. The number of aryl methyl sites for hydroxylation is 1. The van der Waals surface area contributed by atoms with Gasteiger partial charge in [-0.25, -0.2) is 4.79 Å². The molecule has 142 valence electrons. The molecule has 1 aliphatic rings. The molecule has 1 saturated heterocycles. The van der Waals surface area contributed by atoms with Crippen molar-refractivity contribution in [3.05, 3.63) is 35.4 Å². The van der Waals surface area contributed by atoms with Crippen LogP contribution in [0.2, 0.25) is 0 Å². The van der Waals surface area contributed by atoms with Crippen LogP contribution in [-0.2, 0) is 20.9 Å². The number of halogens is 3. The van der Waals surface area contributed by atoms with E-state index in [-0.39, 0.29) is 25.4 Å². The molecular weight excluding hydrogens is 353 g/mol. The molecule has 9 heteroatoms. The van der Waals surface area contributed by atoms with Crippen molar-refractivity contribution in [2.45, 2.75) is 38.5 Å². The van der Waals surface area contributed by atoms with Crippen molar-refractivity contribution in [3.8, 4) is 0 Å². The quantitative estimate of drug-likeness (QED) is 0.798. The van der Waals surface area contributed by atoms with Gasteiger partial charge in [-0.1, -0.05) is 29.8 Å². The number of likely N-dealkylation sites (tertiary alicyclic amines) is 1. The molecule has 2 unspecified atom stereocenters. The molecule has 0 spiro atoms. The van der Waals surface area contributed by atoms with Crippen LogP contribution in [-0.4, -0.2) is 46.6 Å². The Morgan fingerprint density at radius 1 is 1.31 bits per heavy atom. The van der Waals surface area contributed by atoms with Gasteiger partial charge in [-0.3, -0.25) is 9.59 Å². The first-order chi connectivity index (χ1) is 12.0. The highest BCUT2D eigenvalue weighted by Gasteiger charge is 2.39. The number of carbonyl (C=O) groups is 3. The summed E-state index contributed by atoms with van der Waals surface area (Å²) in [5.41, 5.74) is 1.92. The molecule has 6 nitrogen and oxygen atoms in total. The monoisotopic (exact) mass is 372 g/mol. The summed E-state index contributed by atoms with van der Waals surface area (Å²) in [6.45, 7) is 2.25. The fraction of sp³-hybridized carbons (Fsp3) is 0.471. The van der Waals surface area contributed by atoms with Crippen molar-refractivity contribution in [1.29, 1.82) is 0 Å². The minimum absolute atomic E-state index is 0.0386. The fourth-order valence-corrected chi connectivity index (χ4v) is 2.74. The SMILES string of the molecule is Cc1ccc(CN2CC(C(=O)NC(CC(F)(F)F)C(=O)O)CC2=O)cc1. The maximum Gasteiger partial charge on any atom is 0.391 e. The van der Waals surface area contributed by atoms with E-state index in [1.807, 2.05) is 36.5 Å². The molecule has 2 N–H and O–H groups in total. The highest BCUT2D eigenvalue weighted by atomic mass is 19.4. The summed E-state index contributed by atoms with van der Waals surface area (Å²) in [5, 5.41) is 10.7. The number of alkyl halides is 3. The zero-order valence-corrected chi connectivity index (χ0v) is 14.0. The first-order valence-corrected chi connectivity index (χ1v) is 7.98. The van der Waals surface area contributed by atoms with Crippen LogP contribution in [0.5, 0.6) is 0 Å². The van der Waals surface area contributed by atoms with Crippen molar-refractivity contribution in [2.24, 2.45) is 5.92 Å². The summed E-state index contributed by atoms with van der Waals surface area (Å²) in [7, 11) is 0. The van der Waals surface area contributed by atoms with E-state index in [1.54, 1.807) is 0 Å². The Morgan fingerprint density at radius 2 is 1.92 bits per heavy atom. The lowest BCUT2D eigenvalue weighted by atomic mass is 10.1. The van der Waals surface area contributed by atoms with Crippen LogP contribution in [0.4, 0.5) is 13.2 Å². The first-order valence-electron chi connectivity index (χ1n) is 7.98. The first kappa shape index (κ1) is 19.7. The molecule has 0 bridgehead atoms. The zero-order valence-electron chi connectivity index (χ0n) is 14.0. The second-order valence-electron chi connectivity index (χ2n) is 6.38. The van der Waals surface area contributed by atoms with Gasteiger partial charge < -0.3 is 15.3 Å². The van der Waals surface area contributed by atoms with Gasteiger partial charge in [-0.2, -0.15) is 13.2 Å². The topological polar surface area (TPSA) is 86.7 Å². The molecule has 1 aliphatic heterocycles. The highest BCUT2D eigenvalue weighted by Crippen LogP contribution is 2.24. The van der Waals surface area contributed by atoms with Crippen molar-refractivity contribution < 1.29 is 32.7 Å². The van der Waals surface area contributed by atoms with Gasteiger partial charge in [0, 0.05) is 19.5 Å². The number of carbonyl (C=O) groups excluding carboxylic acids is 2. The van der Waals surface area contributed by atoms with Gasteiger partial charge in [-0.15, -0.1) is 0 Å². The molecule has 1 aromatic rings. The Balaban J connectivity index is 1.96. The third-order valence-corrected chi connectivity index (χ3v) is 4.13. The number of hydrogen-bond acceptors (Lipinski definition) is 3. The average molecular weight is 372 g/mol. The zero-order chi connectivity index (χ0) is 19.5.